The van der Waals surface area contributed by atoms with E-state index in [0.717, 1.165) is 0 Å². The zero-order chi connectivity index (χ0) is 9.07. The third-order valence-corrected chi connectivity index (χ3v) is 1.87. The first kappa shape index (κ1) is 10.5. The molecule has 4 heteroatoms. The van der Waals surface area contributed by atoms with Gasteiger partial charge in [0.2, 0.25) is 0 Å². The summed E-state index contributed by atoms with van der Waals surface area (Å²) in [6.45, 7) is 4.70. The normalized spacial score (nSPS) is 15.3. The van der Waals surface area contributed by atoms with Crippen LogP contribution in [0.5, 0.6) is 0 Å². The number of hydrogen-bond donors (Lipinski definition) is 1. The maximum Gasteiger partial charge on any atom is 0.199 e. The van der Waals surface area contributed by atoms with Gasteiger partial charge >= 0.3 is 0 Å². The molecule has 0 aromatic heterocycles. The standard InChI is InChI=1S/C7H12O3S/c1-4-10-6(11)7(3,9)5(2)8/h9H,4H2,1-3H3. The number of carbonyl (C=O) groups excluding carboxylic acids is 1. The Bertz CT molecular complexity index is 175. The molecule has 0 aliphatic heterocycles. The number of ketones is 1. The highest BCUT2D eigenvalue weighted by Gasteiger charge is 2.33. The van der Waals surface area contributed by atoms with Crippen LogP contribution in [0.15, 0.2) is 0 Å². The van der Waals surface area contributed by atoms with E-state index in [1.165, 1.54) is 13.8 Å². The van der Waals surface area contributed by atoms with Crippen LogP contribution in [-0.4, -0.2) is 28.1 Å². The summed E-state index contributed by atoms with van der Waals surface area (Å²) in [7, 11) is 0. The van der Waals surface area contributed by atoms with E-state index in [-0.39, 0.29) is 5.05 Å². The topological polar surface area (TPSA) is 46.5 Å². The molecule has 1 atom stereocenters. The fourth-order valence-electron chi connectivity index (χ4n) is 0.415. The van der Waals surface area contributed by atoms with E-state index >= 15 is 0 Å². The minimum atomic E-state index is -1.62. The van der Waals surface area contributed by atoms with Crippen LogP contribution in [-0.2, 0) is 9.53 Å². The molecule has 1 N–H and O–H groups in total. The van der Waals surface area contributed by atoms with E-state index in [1.807, 2.05) is 0 Å². The summed E-state index contributed by atoms with van der Waals surface area (Å²) in [5, 5.41) is 9.31. The van der Waals surface area contributed by atoms with E-state index in [4.69, 9.17) is 4.74 Å². The Morgan fingerprint density at radius 2 is 2.18 bits per heavy atom. The molecule has 0 amide bonds. The van der Waals surface area contributed by atoms with Crippen molar-refractivity contribution < 1.29 is 14.6 Å². The summed E-state index contributed by atoms with van der Waals surface area (Å²) < 4.78 is 4.83. The summed E-state index contributed by atoms with van der Waals surface area (Å²) in [4.78, 5) is 10.8. The van der Waals surface area contributed by atoms with Gasteiger partial charge in [0, 0.05) is 0 Å². The van der Waals surface area contributed by atoms with Gasteiger partial charge in [-0.05, 0) is 33.0 Å². The zero-order valence-corrected chi connectivity index (χ0v) is 7.70. The lowest BCUT2D eigenvalue weighted by atomic mass is 10.0. The number of Topliss-reactive ketones (excluding diaryl/α,β-unsaturated/α-hetero) is 1. The smallest absolute Gasteiger partial charge is 0.199 e. The van der Waals surface area contributed by atoms with E-state index < -0.39 is 11.4 Å². The number of thiocarbonyl (C=S) groups is 1. The van der Waals surface area contributed by atoms with E-state index in [0.29, 0.717) is 6.61 Å². The molecule has 64 valence electrons. The molecule has 11 heavy (non-hydrogen) atoms. The summed E-state index contributed by atoms with van der Waals surface area (Å²) >= 11 is 4.67. The zero-order valence-electron chi connectivity index (χ0n) is 6.88. The average Bonchev–Trinajstić information content (AvgIpc) is 1.88. The maximum absolute atomic E-state index is 10.8. The number of carbonyl (C=O) groups is 1. The molecule has 0 aromatic rings. The fraction of sp³-hybridized carbons (Fsp3) is 0.714. The van der Waals surface area contributed by atoms with Gasteiger partial charge in [-0.25, -0.2) is 0 Å². The highest BCUT2D eigenvalue weighted by molar-refractivity contribution is 7.80. The van der Waals surface area contributed by atoms with Crippen LogP contribution in [0.25, 0.3) is 0 Å². The van der Waals surface area contributed by atoms with Gasteiger partial charge in [-0.3, -0.25) is 4.79 Å². The Morgan fingerprint density at radius 1 is 1.73 bits per heavy atom. The molecule has 0 bridgehead atoms. The second-order valence-corrected chi connectivity index (χ2v) is 2.72. The van der Waals surface area contributed by atoms with Crippen molar-refractivity contribution in [2.45, 2.75) is 26.4 Å². The number of rotatable bonds is 3. The second kappa shape index (κ2) is 3.78. The fourth-order valence-corrected chi connectivity index (χ4v) is 0.677. The van der Waals surface area contributed by atoms with Gasteiger partial charge in [-0.15, -0.1) is 0 Å². The highest BCUT2D eigenvalue weighted by Crippen LogP contribution is 2.08. The molecule has 0 spiro atoms. The SMILES string of the molecule is CCOC(=S)C(C)(O)C(C)=O. The largest absolute Gasteiger partial charge is 0.484 e. The molecule has 0 fully saturated rings. The lowest BCUT2D eigenvalue weighted by Gasteiger charge is -2.19. The van der Waals surface area contributed by atoms with Crippen LogP contribution in [0.1, 0.15) is 20.8 Å². The van der Waals surface area contributed by atoms with Gasteiger partial charge in [0.05, 0.1) is 6.61 Å². The van der Waals surface area contributed by atoms with Gasteiger partial charge in [0.15, 0.2) is 16.4 Å². The third kappa shape index (κ3) is 2.55. The predicted octanol–water partition coefficient (Wildman–Crippen LogP) is 0.690. The molecular formula is C7H12O3S. The molecule has 0 saturated carbocycles. The van der Waals surface area contributed by atoms with Crippen LogP contribution in [0.4, 0.5) is 0 Å². The molecular weight excluding hydrogens is 164 g/mol. The molecule has 0 aliphatic carbocycles. The van der Waals surface area contributed by atoms with E-state index in [9.17, 15) is 9.90 Å². The summed E-state index contributed by atoms with van der Waals surface area (Å²) in [5.74, 6) is -0.407. The van der Waals surface area contributed by atoms with Crippen molar-refractivity contribution in [3.63, 3.8) is 0 Å². The molecule has 0 saturated heterocycles. The second-order valence-electron chi connectivity index (χ2n) is 2.35. The Kier molecular flexibility index (Phi) is 3.62. The monoisotopic (exact) mass is 176 g/mol. The maximum atomic E-state index is 10.8. The van der Waals surface area contributed by atoms with Crippen LogP contribution in [0.3, 0.4) is 0 Å². The van der Waals surface area contributed by atoms with E-state index in [2.05, 4.69) is 12.2 Å². The van der Waals surface area contributed by atoms with Gasteiger partial charge in [0.25, 0.3) is 0 Å². The number of aliphatic hydroxyl groups is 1. The van der Waals surface area contributed by atoms with Crippen LogP contribution in [0, 0.1) is 0 Å². The van der Waals surface area contributed by atoms with Crippen molar-refractivity contribution >= 4 is 23.1 Å². The van der Waals surface area contributed by atoms with Crippen LogP contribution >= 0.6 is 12.2 Å². The van der Waals surface area contributed by atoms with Crippen molar-refractivity contribution in [1.29, 1.82) is 0 Å². The summed E-state index contributed by atoms with van der Waals surface area (Å²) in [6.07, 6.45) is 0. The lowest BCUT2D eigenvalue weighted by molar-refractivity contribution is -0.128. The van der Waals surface area contributed by atoms with E-state index in [1.54, 1.807) is 6.92 Å². The van der Waals surface area contributed by atoms with Crippen molar-refractivity contribution in [2.75, 3.05) is 6.61 Å². The minimum Gasteiger partial charge on any atom is -0.484 e. The van der Waals surface area contributed by atoms with Gasteiger partial charge in [0.1, 0.15) is 0 Å². The Morgan fingerprint density at radius 3 is 2.45 bits per heavy atom. The molecule has 0 aromatic carbocycles. The van der Waals surface area contributed by atoms with Crippen molar-refractivity contribution in [3.8, 4) is 0 Å². The molecule has 0 heterocycles. The minimum absolute atomic E-state index is 0.0625. The van der Waals surface area contributed by atoms with Gasteiger partial charge in [-0.2, -0.15) is 0 Å². The number of ether oxygens (including phenoxy) is 1. The van der Waals surface area contributed by atoms with Gasteiger partial charge in [-0.1, -0.05) is 0 Å². The highest BCUT2D eigenvalue weighted by atomic mass is 32.1. The molecule has 0 rings (SSSR count). The predicted molar refractivity (Wildman–Crippen MR) is 45.5 cm³/mol. The Labute approximate surface area is 71.4 Å². The number of hydrogen-bond acceptors (Lipinski definition) is 4. The van der Waals surface area contributed by atoms with Crippen LogP contribution in [0.2, 0.25) is 0 Å². The Balaban J connectivity index is 4.30. The van der Waals surface area contributed by atoms with Gasteiger partial charge < -0.3 is 9.84 Å². The lowest BCUT2D eigenvalue weighted by Crippen LogP contribution is -2.42. The molecule has 0 radical (unpaired) electrons. The average molecular weight is 176 g/mol. The molecule has 1 unspecified atom stereocenters. The summed E-state index contributed by atoms with van der Waals surface area (Å²) in [6, 6.07) is 0. The molecule has 0 aliphatic rings. The first-order valence-corrected chi connectivity index (χ1v) is 3.74. The van der Waals surface area contributed by atoms with Crippen LogP contribution < -0.4 is 0 Å². The first-order valence-electron chi connectivity index (χ1n) is 3.33. The van der Waals surface area contributed by atoms with Crippen molar-refractivity contribution in [1.82, 2.24) is 0 Å². The summed E-state index contributed by atoms with van der Waals surface area (Å²) in [5.41, 5.74) is -1.62. The Hall–Kier alpha value is -0.480. The quantitative estimate of drug-likeness (QED) is 0.643. The molecule has 3 nitrogen and oxygen atoms in total. The first-order chi connectivity index (χ1) is 4.92. The van der Waals surface area contributed by atoms with Crippen molar-refractivity contribution in [3.05, 3.63) is 0 Å². The third-order valence-electron chi connectivity index (χ3n) is 1.36. The van der Waals surface area contributed by atoms with Crippen molar-refractivity contribution in [2.24, 2.45) is 0 Å².